The highest BCUT2D eigenvalue weighted by Gasteiger charge is 2.26. The average Bonchev–Trinajstić information content (AvgIpc) is 2.97. The molecule has 0 spiro atoms. The maximum Gasteiger partial charge on any atom is 0.273 e. The molecule has 0 aromatic carbocycles. The van der Waals surface area contributed by atoms with E-state index in [0.717, 1.165) is 25.9 Å². The molecule has 0 saturated carbocycles. The van der Waals surface area contributed by atoms with E-state index in [9.17, 15) is 4.79 Å². The second kappa shape index (κ2) is 8.01. The van der Waals surface area contributed by atoms with Gasteiger partial charge in [0.05, 0.1) is 0 Å². The normalized spacial score (nSPS) is 11.6. The summed E-state index contributed by atoms with van der Waals surface area (Å²) in [6.45, 7) is 8.46. The van der Waals surface area contributed by atoms with Crippen LogP contribution in [0.4, 0.5) is 0 Å². The third-order valence-corrected chi connectivity index (χ3v) is 3.82. The quantitative estimate of drug-likeness (QED) is 0.636. The molecule has 0 aliphatic rings. The Bertz CT molecular complexity index is 414. The van der Waals surface area contributed by atoms with Crippen LogP contribution in [0.2, 0.25) is 0 Å². The molecule has 0 bridgehead atoms. The molecule has 1 heterocycles. The molecule has 0 fully saturated rings. The van der Waals surface area contributed by atoms with E-state index < -0.39 is 0 Å². The molecule has 20 heavy (non-hydrogen) atoms. The second-order valence-corrected chi connectivity index (χ2v) is 5.01. The summed E-state index contributed by atoms with van der Waals surface area (Å²) in [5.74, 6) is 0.0243. The summed E-state index contributed by atoms with van der Waals surface area (Å²) in [5.41, 5.74) is 0.258. The lowest BCUT2D eigenvalue weighted by atomic mass is 9.82. The van der Waals surface area contributed by atoms with Gasteiger partial charge in [0.2, 0.25) is 0 Å². The SMILES string of the molecule is CCNCC(CC)(CC)CNC(=O)c1cc(CO)on1. The van der Waals surface area contributed by atoms with Crippen molar-refractivity contribution >= 4 is 5.91 Å². The number of hydrogen-bond donors (Lipinski definition) is 3. The number of aliphatic hydroxyl groups excluding tert-OH is 1. The van der Waals surface area contributed by atoms with Crippen molar-refractivity contribution in [3.05, 3.63) is 17.5 Å². The molecule has 0 aliphatic carbocycles. The lowest BCUT2D eigenvalue weighted by Crippen LogP contribution is -2.43. The van der Waals surface area contributed by atoms with Crippen LogP contribution >= 0.6 is 0 Å². The fraction of sp³-hybridized carbons (Fsp3) is 0.714. The highest BCUT2D eigenvalue weighted by Crippen LogP contribution is 2.24. The number of carbonyl (C=O) groups is 1. The van der Waals surface area contributed by atoms with Crippen LogP contribution in [0.5, 0.6) is 0 Å². The molecular weight excluding hydrogens is 258 g/mol. The molecule has 0 saturated heterocycles. The first-order valence-corrected chi connectivity index (χ1v) is 7.16. The first-order chi connectivity index (χ1) is 9.60. The van der Waals surface area contributed by atoms with Gasteiger partial charge in [-0.1, -0.05) is 25.9 Å². The molecule has 114 valence electrons. The Hall–Kier alpha value is -1.40. The van der Waals surface area contributed by atoms with E-state index in [1.54, 1.807) is 0 Å². The van der Waals surface area contributed by atoms with Gasteiger partial charge in [0, 0.05) is 19.2 Å². The molecular formula is C14H25N3O3. The Labute approximate surface area is 119 Å². The number of hydrogen-bond acceptors (Lipinski definition) is 5. The van der Waals surface area contributed by atoms with E-state index in [1.165, 1.54) is 6.07 Å². The molecule has 1 rings (SSSR count). The lowest BCUT2D eigenvalue weighted by molar-refractivity contribution is 0.0915. The molecule has 0 atom stereocenters. The molecule has 0 unspecified atom stereocenters. The predicted molar refractivity (Wildman–Crippen MR) is 76.3 cm³/mol. The number of carbonyl (C=O) groups excluding carboxylic acids is 1. The van der Waals surface area contributed by atoms with E-state index in [-0.39, 0.29) is 23.6 Å². The molecule has 1 aromatic heterocycles. The van der Waals surface area contributed by atoms with Gasteiger partial charge in [0.1, 0.15) is 6.61 Å². The van der Waals surface area contributed by atoms with Gasteiger partial charge in [-0.2, -0.15) is 0 Å². The Balaban J connectivity index is 2.60. The zero-order chi connectivity index (χ0) is 15.0. The van der Waals surface area contributed by atoms with Crippen LogP contribution in [-0.4, -0.2) is 35.8 Å². The van der Waals surface area contributed by atoms with Crippen LogP contribution in [-0.2, 0) is 6.61 Å². The minimum atomic E-state index is -0.267. The van der Waals surface area contributed by atoms with E-state index in [1.807, 2.05) is 0 Å². The van der Waals surface area contributed by atoms with Gasteiger partial charge in [-0.25, -0.2) is 0 Å². The smallest absolute Gasteiger partial charge is 0.273 e. The predicted octanol–water partition coefficient (Wildman–Crippen LogP) is 1.31. The highest BCUT2D eigenvalue weighted by molar-refractivity contribution is 5.92. The van der Waals surface area contributed by atoms with Crippen LogP contribution in [0.25, 0.3) is 0 Å². The topological polar surface area (TPSA) is 87.4 Å². The third kappa shape index (κ3) is 4.31. The summed E-state index contributed by atoms with van der Waals surface area (Å²) in [4.78, 5) is 12.0. The summed E-state index contributed by atoms with van der Waals surface area (Å²) in [5, 5.41) is 18.8. The second-order valence-electron chi connectivity index (χ2n) is 5.01. The molecule has 6 heteroatoms. The largest absolute Gasteiger partial charge is 0.388 e. The van der Waals surface area contributed by atoms with E-state index in [2.05, 4.69) is 36.6 Å². The van der Waals surface area contributed by atoms with Crippen molar-refractivity contribution < 1.29 is 14.4 Å². The monoisotopic (exact) mass is 283 g/mol. The number of amides is 1. The van der Waals surface area contributed by atoms with Crippen molar-refractivity contribution in [1.29, 1.82) is 0 Å². The number of nitrogens with zero attached hydrogens (tertiary/aromatic N) is 1. The van der Waals surface area contributed by atoms with Gasteiger partial charge >= 0.3 is 0 Å². The first kappa shape index (κ1) is 16.7. The number of rotatable bonds is 9. The van der Waals surface area contributed by atoms with Crippen LogP contribution in [0.15, 0.2) is 10.6 Å². The van der Waals surface area contributed by atoms with Crippen LogP contribution in [0.3, 0.4) is 0 Å². The maximum absolute atomic E-state index is 12.0. The fourth-order valence-electron chi connectivity index (χ4n) is 2.06. The summed E-state index contributed by atoms with van der Waals surface area (Å²) in [6, 6.07) is 1.46. The van der Waals surface area contributed by atoms with E-state index in [4.69, 9.17) is 9.63 Å². The minimum Gasteiger partial charge on any atom is -0.388 e. The van der Waals surface area contributed by atoms with Crippen molar-refractivity contribution in [3.8, 4) is 0 Å². The molecule has 6 nitrogen and oxygen atoms in total. The highest BCUT2D eigenvalue weighted by atomic mass is 16.5. The molecule has 1 aromatic rings. The van der Waals surface area contributed by atoms with Gasteiger partial charge in [-0.05, 0) is 24.8 Å². The van der Waals surface area contributed by atoms with Crippen molar-refractivity contribution in [1.82, 2.24) is 15.8 Å². The Morgan fingerprint density at radius 1 is 1.35 bits per heavy atom. The summed E-state index contributed by atoms with van der Waals surface area (Å²) >= 11 is 0. The molecule has 3 N–H and O–H groups in total. The van der Waals surface area contributed by atoms with Crippen LogP contribution in [0, 0.1) is 5.41 Å². The standard InChI is InChI=1S/C14H25N3O3/c1-4-14(5-2,9-15-6-3)10-16-13(19)12-7-11(8-18)20-17-12/h7,15,18H,4-6,8-10H2,1-3H3,(H,16,19). The van der Waals surface area contributed by atoms with Gasteiger partial charge in [-0.15, -0.1) is 0 Å². The Morgan fingerprint density at radius 3 is 2.55 bits per heavy atom. The summed E-state index contributed by atoms with van der Waals surface area (Å²) < 4.78 is 4.81. The van der Waals surface area contributed by atoms with Crippen molar-refractivity contribution in [3.63, 3.8) is 0 Å². The van der Waals surface area contributed by atoms with E-state index >= 15 is 0 Å². The van der Waals surface area contributed by atoms with E-state index in [0.29, 0.717) is 12.3 Å². The number of aliphatic hydroxyl groups is 1. The molecule has 0 aliphatic heterocycles. The first-order valence-electron chi connectivity index (χ1n) is 7.16. The zero-order valence-electron chi connectivity index (χ0n) is 12.5. The van der Waals surface area contributed by atoms with Crippen molar-refractivity contribution in [2.75, 3.05) is 19.6 Å². The van der Waals surface area contributed by atoms with Gasteiger partial charge in [0.25, 0.3) is 5.91 Å². The molecule has 0 radical (unpaired) electrons. The average molecular weight is 283 g/mol. The maximum atomic E-state index is 12.0. The van der Waals surface area contributed by atoms with Crippen LogP contribution in [0.1, 0.15) is 49.9 Å². The summed E-state index contributed by atoms with van der Waals surface area (Å²) in [6.07, 6.45) is 1.97. The molecule has 1 amide bonds. The van der Waals surface area contributed by atoms with Crippen molar-refractivity contribution in [2.24, 2.45) is 5.41 Å². The Morgan fingerprint density at radius 2 is 2.05 bits per heavy atom. The van der Waals surface area contributed by atoms with Gasteiger partial charge in [-0.3, -0.25) is 4.79 Å². The third-order valence-electron chi connectivity index (χ3n) is 3.82. The van der Waals surface area contributed by atoms with Crippen molar-refractivity contribution in [2.45, 2.75) is 40.2 Å². The lowest BCUT2D eigenvalue weighted by Gasteiger charge is -2.32. The van der Waals surface area contributed by atoms with Gasteiger partial charge < -0.3 is 20.3 Å². The van der Waals surface area contributed by atoms with Gasteiger partial charge in [0.15, 0.2) is 11.5 Å². The number of aromatic nitrogens is 1. The van der Waals surface area contributed by atoms with Crippen LogP contribution < -0.4 is 10.6 Å². The summed E-state index contributed by atoms with van der Waals surface area (Å²) in [7, 11) is 0. The minimum absolute atomic E-state index is 0.0508. The fourth-order valence-corrected chi connectivity index (χ4v) is 2.06. The zero-order valence-corrected chi connectivity index (χ0v) is 12.5. The Kier molecular flexibility index (Phi) is 6.67. The number of nitrogens with one attached hydrogen (secondary N) is 2.